The van der Waals surface area contributed by atoms with E-state index in [0.717, 1.165) is 17.8 Å². The minimum absolute atomic E-state index is 0.134. The van der Waals surface area contributed by atoms with Gasteiger partial charge in [-0.2, -0.15) is 4.31 Å². The van der Waals surface area contributed by atoms with Gasteiger partial charge in [0.05, 0.1) is 4.90 Å². The van der Waals surface area contributed by atoms with Gasteiger partial charge in [0.15, 0.2) is 11.5 Å². The second-order valence-electron chi connectivity index (χ2n) is 7.22. The van der Waals surface area contributed by atoms with E-state index in [1.807, 2.05) is 0 Å². The minimum atomic E-state index is -3.66. The van der Waals surface area contributed by atoms with Crippen molar-refractivity contribution in [1.29, 1.82) is 0 Å². The van der Waals surface area contributed by atoms with E-state index in [2.05, 4.69) is 22.4 Å². The van der Waals surface area contributed by atoms with Crippen molar-refractivity contribution in [3.05, 3.63) is 23.2 Å². The zero-order valence-electron chi connectivity index (χ0n) is 16.7. The van der Waals surface area contributed by atoms with Gasteiger partial charge >= 0.3 is 0 Å². The number of nitrogens with zero attached hydrogens (tertiary/aromatic N) is 3. The summed E-state index contributed by atoms with van der Waals surface area (Å²) in [5, 5.41) is 12.3. The van der Waals surface area contributed by atoms with Crippen LogP contribution in [0.15, 0.2) is 23.1 Å². The lowest BCUT2D eigenvalue weighted by Gasteiger charge is -2.30. The molecule has 11 heteroatoms. The average molecular weight is 453 g/mol. The summed E-state index contributed by atoms with van der Waals surface area (Å²) in [6, 6.07) is 4.66. The van der Waals surface area contributed by atoms with E-state index in [-0.39, 0.29) is 29.8 Å². The van der Waals surface area contributed by atoms with Crippen LogP contribution in [0.25, 0.3) is 0 Å². The molecule has 162 valence electrons. The standard InChI is InChI=1S/C19H24N4O5S2/c1-2-3-17-21-22-19(29-17)20-18(24)13-6-8-23(9-7-13)30(25,26)14-4-5-15-16(12-14)28-11-10-27-15/h4-5,12-13H,2-3,6-11H2,1H3,(H,20,22,24). The van der Waals surface area contributed by atoms with Crippen molar-refractivity contribution in [2.24, 2.45) is 5.92 Å². The number of aryl methyl sites for hydroxylation is 1. The van der Waals surface area contributed by atoms with Crippen LogP contribution in [0.3, 0.4) is 0 Å². The first-order valence-corrected chi connectivity index (χ1v) is 12.3. The molecule has 0 spiro atoms. The molecule has 2 aliphatic rings. The molecule has 9 nitrogen and oxygen atoms in total. The summed E-state index contributed by atoms with van der Waals surface area (Å²) in [6.45, 7) is 3.47. The summed E-state index contributed by atoms with van der Waals surface area (Å²) in [7, 11) is -3.66. The van der Waals surface area contributed by atoms with Crippen LogP contribution < -0.4 is 14.8 Å². The number of fused-ring (bicyclic) bond motifs is 1. The number of rotatable bonds is 6. The fourth-order valence-corrected chi connectivity index (χ4v) is 5.85. The summed E-state index contributed by atoms with van der Waals surface area (Å²) in [4.78, 5) is 12.7. The summed E-state index contributed by atoms with van der Waals surface area (Å²) < 4.78 is 38.4. The van der Waals surface area contributed by atoms with E-state index >= 15 is 0 Å². The highest BCUT2D eigenvalue weighted by Crippen LogP contribution is 2.34. The number of carbonyl (C=O) groups is 1. The van der Waals surface area contributed by atoms with Gasteiger partial charge in [0.25, 0.3) is 0 Å². The van der Waals surface area contributed by atoms with Gasteiger partial charge in [-0.05, 0) is 31.4 Å². The molecule has 1 aromatic carbocycles. The molecular weight excluding hydrogens is 428 g/mol. The van der Waals surface area contributed by atoms with Gasteiger partial charge < -0.3 is 14.8 Å². The Hall–Kier alpha value is -2.24. The largest absolute Gasteiger partial charge is 0.486 e. The van der Waals surface area contributed by atoms with Gasteiger partial charge in [0.1, 0.15) is 18.2 Å². The van der Waals surface area contributed by atoms with Crippen LogP contribution in [0.1, 0.15) is 31.2 Å². The van der Waals surface area contributed by atoms with Crippen molar-refractivity contribution in [2.45, 2.75) is 37.5 Å². The highest BCUT2D eigenvalue weighted by Gasteiger charge is 2.33. The van der Waals surface area contributed by atoms with E-state index in [1.54, 1.807) is 6.07 Å². The van der Waals surface area contributed by atoms with Gasteiger partial charge in [-0.25, -0.2) is 8.42 Å². The Morgan fingerprint density at radius 2 is 1.93 bits per heavy atom. The van der Waals surface area contributed by atoms with Gasteiger partial charge in [0.2, 0.25) is 21.1 Å². The van der Waals surface area contributed by atoms with Crippen LogP contribution in [0.4, 0.5) is 5.13 Å². The maximum Gasteiger partial charge on any atom is 0.243 e. The highest BCUT2D eigenvalue weighted by molar-refractivity contribution is 7.89. The van der Waals surface area contributed by atoms with Crippen LogP contribution in [0.2, 0.25) is 0 Å². The molecule has 1 fully saturated rings. The number of nitrogens with one attached hydrogen (secondary N) is 1. The number of piperidine rings is 1. The van der Waals surface area contributed by atoms with Crippen LogP contribution >= 0.6 is 11.3 Å². The van der Waals surface area contributed by atoms with Crippen molar-refractivity contribution in [3.8, 4) is 11.5 Å². The third-order valence-corrected chi connectivity index (χ3v) is 7.93. The first-order valence-electron chi connectivity index (χ1n) is 10.0. The summed E-state index contributed by atoms with van der Waals surface area (Å²) in [5.74, 6) is 0.603. The summed E-state index contributed by atoms with van der Waals surface area (Å²) in [5.41, 5.74) is 0. The number of aromatic nitrogens is 2. The van der Waals surface area contributed by atoms with Crippen LogP contribution in [-0.2, 0) is 21.2 Å². The molecule has 0 unspecified atom stereocenters. The predicted octanol–water partition coefficient (Wildman–Crippen LogP) is 2.30. The maximum absolute atomic E-state index is 13.0. The number of amides is 1. The van der Waals surface area contributed by atoms with Gasteiger partial charge in [-0.3, -0.25) is 4.79 Å². The Bertz CT molecular complexity index is 1020. The number of benzene rings is 1. The van der Waals surface area contributed by atoms with Gasteiger partial charge in [0, 0.05) is 31.5 Å². The zero-order valence-corrected chi connectivity index (χ0v) is 18.3. The Balaban J connectivity index is 1.36. The average Bonchev–Trinajstić information content (AvgIpc) is 3.20. The molecule has 1 aromatic heterocycles. The monoisotopic (exact) mass is 452 g/mol. The third kappa shape index (κ3) is 4.42. The molecule has 3 heterocycles. The third-order valence-electron chi connectivity index (χ3n) is 5.14. The van der Waals surface area contributed by atoms with Crippen LogP contribution in [0.5, 0.6) is 11.5 Å². The molecule has 30 heavy (non-hydrogen) atoms. The van der Waals surface area contributed by atoms with E-state index < -0.39 is 10.0 Å². The lowest BCUT2D eigenvalue weighted by Crippen LogP contribution is -2.41. The SMILES string of the molecule is CCCc1nnc(NC(=O)C2CCN(S(=O)(=O)c3ccc4c(c3)OCCO4)CC2)s1. The number of sulfonamides is 1. The highest BCUT2D eigenvalue weighted by atomic mass is 32.2. The topological polar surface area (TPSA) is 111 Å². The fraction of sp³-hybridized carbons (Fsp3) is 0.526. The molecule has 2 aromatic rings. The molecule has 1 saturated heterocycles. The van der Waals surface area contributed by atoms with Crippen LogP contribution in [-0.4, -0.2) is 55.1 Å². The Labute approximate surface area is 179 Å². The van der Waals surface area contributed by atoms with E-state index in [0.29, 0.717) is 42.7 Å². The second kappa shape index (κ2) is 8.86. The second-order valence-corrected chi connectivity index (χ2v) is 10.2. The summed E-state index contributed by atoms with van der Waals surface area (Å²) >= 11 is 1.38. The fourth-order valence-electron chi connectivity index (χ4n) is 3.52. The Morgan fingerprint density at radius 1 is 1.20 bits per heavy atom. The lowest BCUT2D eigenvalue weighted by molar-refractivity contribution is -0.120. The van der Waals surface area contributed by atoms with Crippen molar-refractivity contribution < 1.29 is 22.7 Å². The number of hydrogen-bond donors (Lipinski definition) is 1. The number of hydrogen-bond acceptors (Lipinski definition) is 8. The van der Waals surface area contributed by atoms with Gasteiger partial charge in [-0.1, -0.05) is 18.3 Å². The van der Waals surface area contributed by atoms with Crippen molar-refractivity contribution in [3.63, 3.8) is 0 Å². The van der Waals surface area contributed by atoms with E-state index in [4.69, 9.17) is 9.47 Å². The van der Waals surface area contributed by atoms with Crippen molar-refractivity contribution in [1.82, 2.24) is 14.5 Å². The molecule has 0 atom stereocenters. The van der Waals surface area contributed by atoms with Crippen LogP contribution in [0, 0.1) is 5.92 Å². The first kappa shape index (κ1) is 21.0. The molecule has 0 bridgehead atoms. The van der Waals surface area contributed by atoms with Crippen molar-refractivity contribution >= 4 is 32.4 Å². The predicted molar refractivity (Wildman–Crippen MR) is 111 cm³/mol. The molecular formula is C19H24N4O5S2. The maximum atomic E-state index is 13.0. The molecule has 0 aliphatic carbocycles. The Morgan fingerprint density at radius 3 is 2.67 bits per heavy atom. The number of ether oxygens (including phenoxy) is 2. The molecule has 2 aliphatic heterocycles. The molecule has 4 rings (SSSR count). The number of anilines is 1. The molecule has 1 N–H and O–H groups in total. The Kier molecular flexibility index (Phi) is 6.21. The first-order chi connectivity index (χ1) is 14.5. The molecule has 0 radical (unpaired) electrons. The zero-order chi connectivity index (χ0) is 21.1. The summed E-state index contributed by atoms with van der Waals surface area (Å²) in [6.07, 6.45) is 2.72. The van der Waals surface area contributed by atoms with E-state index in [1.165, 1.54) is 27.8 Å². The quantitative estimate of drug-likeness (QED) is 0.716. The van der Waals surface area contributed by atoms with Crippen molar-refractivity contribution in [2.75, 3.05) is 31.6 Å². The smallest absolute Gasteiger partial charge is 0.243 e. The molecule has 0 saturated carbocycles. The normalized spacial score (nSPS) is 17.6. The lowest BCUT2D eigenvalue weighted by atomic mass is 9.97. The molecule has 1 amide bonds. The minimum Gasteiger partial charge on any atom is -0.486 e. The number of carbonyl (C=O) groups excluding carboxylic acids is 1. The van der Waals surface area contributed by atoms with Gasteiger partial charge in [-0.15, -0.1) is 10.2 Å². The van der Waals surface area contributed by atoms with E-state index in [9.17, 15) is 13.2 Å².